The zero-order chi connectivity index (χ0) is 40.4. The molecule has 0 fully saturated rings. The summed E-state index contributed by atoms with van der Waals surface area (Å²) < 4.78 is 0. The van der Waals surface area contributed by atoms with Crippen molar-refractivity contribution >= 4 is 44.6 Å². The van der Waals surface area contributed by atoms with E-state index in [2.05, 4.69) is 168 Å². The summed E-state index contributed by atoms with van der Waals surface area (Å²) in [5, 5.41) is 16.8. The molecule has 0 aliphatic carbocycles. The fourth-order valence-corrected chi connectivity index (χ4v) is 7.41. The van der Waals surface area contributed by atoms with E-state index < -0.39 is 0 Å². The van der Waals surface area contributed by atoms with E-state index in [1.807, 2.05) is 0 Å². The number of nitrogens with zero attached hydrogens (tertiary/aromatic N) is 4. The number of para-hydroxylation sites is 2. The van der Waals surface area contributed by atoms with E-state index in [4.69, 9.17) is 9.97 Å². The molecule has 8 heteroatoms. The second-order valence-corrected chi connectivity index (χ2v) is 16.1. The predicted octanol–water partition coefficient (Wildman–Crippen LogP) is 11.5. The van der Waals surface area contributed by atoms with Crippen LogP contribution in [0.4, 0.5) is 22.7 Å². The Morgan fingerprint density at radius 3 is 1.14 bits per heavy atom. The van der Waals surface area contributed by atoms with Crippen molar-refractivity contribution in [3.8, 4) is 22.5 Å². The largest absolute Gasteiger partial charge is 0.385 e. The van der Waals surface area contributed by atoms with Crippen LogP contribution in [0.5, 0.6) is 0 Å². The number of likely N-dealkylation sites (N-methyl/N-ethyl adjacent to an activating group) is 2. The van der Waals surface area contributed by atoms with Gasteiger partial charge in [0, 0.05) is 83.9 Å². The molecule has 306 valence electrons. The van der Waals surface area contributed by atoms with Crippen LogP contribution in [0.15, 0.2) is 109 Å². The maximum atomic E-state index is 4.98. The summed E-state index contributed by atoms with van der Waals surface area (Å²) in [6.07, 6.45) is 13.1. The van der Waals surface area contributed by atoms with Crippen LogP contribution in [0.25, 0.3) is 44.3 Å². The molecule has 58 heavy (non-hydrogen) atoms. The fourth-order valence-electron chi connectivity index (χ4n) is 7.41. The number of aromatic nitrogens is 2. The lowest BCUT2D eigenvalue weighted by molar-refractivity contribution is 0.425. The van der Waals surface area contributed by atoms with Crippen molar-refractivity contribution in [2.75, 3.05) is 88.7 Å². The number of nitrogens with one attached hydrogen (secondary N) is 4. The first kappa shape index (κ1) is 42.4. The lowest BCUT2D eigenvalue weighted by Crippen LogP contribution is -2.20. The fraction of sp³-hybridized carbons (Fsp3) is 0.400. The van der Waals surface area contributed by atoms with E-state index in [1.165, 1.54) is 75.6 Å². The summed E-state index contributed by atoms with van der Waals surface area (Å²) in [6.45, 7) is 5.78. The summed E-state index contributed by atoms with van der Waals surface area (Å²) >= 11 is 0. The van der Waals surface area contributed by atoms with Crippen molar-refractivity contribution in [3.63, 3.8) is 0 Å². The van der Waals surface area contributed by atoms with Crippen LogP contribution < -0.4 is 21.3 Å². The second kappa shape index (κ2) is 22.7. The zero-order valence-corrected chi connectivity index (χ0v) is 35.5. The van der Waals surface area contributed by atoms with Crippen LogP contribution in [0.2, 0.25) is 0 Å². The SMILES string of the molecule is CN(C)CCNc1cc(-c2ccc(NCCCCCCCCCCCCNc3ccc(-c4cc(NCCN(C)C)c5ccccc5n4)cc3)cc2)nc2ccccc12. The summed E-state index contributed by atoms with van der Waals surface area (Å²) in [5.41, 5.74) is 11.0. The Balaban J connectivity index is 0.802. The number of fused-ring (bicyclic) bond motifs is 2. The third-order valence-electron chi connectivity index (χ3n) is 10.8. The maximum Gasteiger partial charge on any atom is 0.0730 e. The molecule has 0 aliphatic heterocycles. The molecule has 6 aromatic rings. The highest BCUT2D eigenvalue weighted by molar-refractivity contribution is 5.94. The summed E-state index contributed by atoms with van der Waals surface area (Å²) in [4.78, 5) is 14.3. The van der Waals surface area contributed by atoms with Gasteiger partial charge in [-0.1, -0.05) is 112 Å². The lowest BCUT2D eigenvalue weighted by atomic mass is 10.1. The van der Waals surface area contributed by atoms with Crippen molar-refractivity contribution in [3.05, 3.63) is 109 Å². The molecule has 0 spiro atoms. The average molecular weight is 779 g/mol. The quantitative estimate of drug-likeness (QED) is 0.0428. The van der Waals surface area contributed by atoms with Gasteiger partial charge in [0.05, 0.1) is 22.4 Å². The Morgan fingerprint density at radius 2 is 0.759 bits per heavy atom. The summed E-state index contributed by atoms with van der Waals surface area (Å²) in [7, 11) is 8.41. The van der Waals surface area contributed by atoms with Crippen molar-refractivity contribution in [1.29, 1.82) is 0 Å². The highest BCUT2D eigenvalue weighted by atomic mass is 15.1. The molecule has 2 aromatic heterocycles. The Hall–Kier alpha value is -5.18. The molecular formula is C50H66N8. The predicted molar refractivity (Wildman–Crippen MR) is 252 cm³/mol. The summed E-state index contributed by atoms with van der Waals surface area (Å²) in [6, 6.07) is 38.6. The van der Waals surface area contributed by atoms with Gasteiger partial charge in [0.1, 0.15) is 0 Å². The maximum absolute atomic E-state index is 4.98. The molecule has 0 aliphatic rings. The van der Waals surface area contributed by atoms with Gasteiger partial charge < -0.3 is 31.1 Å². The highest BCUT2D eigenvalue weighted by Gasteiger charge is 2.10. The van der Waals surface area contributed by atoms with Crippen molar-refractivity contribution in [1.82, 2.24) is 19.8 Å². The van der Waals surface area contributed by atoms with Crippen LogP contribution in [-0.4, -0.2) is 87.2 Å². The Labute approximate surface area is 347 Å². The van der Waals surface area contributed by atoms with Gasteiger partial charge in [-0.2, -0.15) is 0 Å². The standard InChI is InChI=1S/C50H66N8/c1-57(2)35-33-53-49-37-47(55-45-21-15-13-19-43(45)49)39-23-27-41(28-24-39)51-31-17-11-9-7-5-6-8-10-12-18-32-52-42-29-25-40(26-30-42)48-38-50(54-34-36-58(3)4)44-20-14-16-22-46(44)56-48/h13-16,19-30,37-38,51-52H,5-12,17-18,31-36H2,1-4H3,(H,53,55)(H,54,56). The molecular weight excluding hydrogens is 713 g/mol. The van der Waals surface area contributed by atoms with Crippen LogP contribution in [-0.2, 0) is 0 Å². The molecule has 0 saturated heterocycles. The number of hydrogen-bond acceptors (Lipinski definition) is 8. The van der Waals surface area contributed by atoms with Crippen molar-refractivity contribution in [2.24, 2.45) is 0 Å². The van der Waals surface area contributed by atoms with E-state index in [0.717, 1.165) is 95.0 Å². The molecule has 0 unspecified atom stereocenters. The molecule has 8 nitrogen and oxygen atoms in total. The van der Waals surface area contributed by atoms with Gasteiger partial charge >= 0.3 is 0 Å². The monoisotopic (exact) mass is 779 g/mol. The first-order valence-electron chi connectivity index (χ1n) is 21.7. The van der Waals surface area contributed by atoms with Gasteiger partial charge in [0.15, 0.2) is 0 Å². The molecule has 0 atom stereocenters. The first-order chi connectivity index (χ1) is 28.4. The van der Waals surface area contributed by atoms with E-state index in [9.17, 15) is 0 Å². The van der Waals surface area contributed by atoms with Gasteiger partial charge in [-0.3, -0.25) is 0 Å². The van der Waals surface area contributed by atoms with E-state index >= 15 is 0 Å². The minimum Gasteiger partial charge on any atom is -0.385 e. The lowest BCUT2D eigenvalue weighted by Gasteiger charge is -2.15. The number of hydrogen-bond donors (Lipinski definition) is 4. The van der Waals surface area contributed by atoms with Crippen LogP contribution in [0.1, 0.15) is 64.2 Å². The van der Waals surface area contributed by atoms with Crippen LogP contribution in [0.3, 0.4) is 0 Å². The topological polar surface area (TPSA) is 80.4 Å². The van der Waals surface area contributed by atoms with E-state index in [-0.39, 0.29) is 0 Å². The number of unbranched alkanes of at least 4 members (excludes halogenated alkanes) is 9. The second-order valence-electron chi connectivity index (χ2n) is 16.1. The van der Waals surface area contributed by atoms with Gasteiger partial charge in [0.2, 0.25) is 0 Å². The zero-order valence-electron chi connectivity index (χ0n) is 35.5. The van der Waals surface area contributed by atoms with E-state index in [0.29, 0.717) is 0 Å². The minimum atomic E-state index is 0.893. The third-order valence-corrected chi connectivity index (χ3v) is 10.8. The number of anilines is 4. The Morgan fingerprint density at radius 1 is 0.397 bits per heavy atom. The highest BCUT2D eigenvalue weighted by Crippen LogP contribution is 2.30. The van der Waals surface area contributed by atoms with Gasteiger partial charge in [-0.15, -0.1) is 0 Å². The van der Waals surface area contributed by atoms with Gasteiger partial charge in [-0.05, 0) is 89.6 Å². The van der Waals surface area contributed by atoms with Crippen LogP contribution in [0, 0.1) is 0 Å². The average Bonchev–Trinajstić information content (AvgIpc) is 3.23. The van der Waals surface area contributed by atoms with Crippen LogP contribution >= 0.6 is 0 Å². The molecule has 6 rings (SSSR count). The molecule has 4 aromatic carbocycles. The number of rotatable bonds is 25. The molecule has 0 amide bonds. The van der Waals surface area contributed by atoms with Crippen molar-refractivity contribution in [2.45, 2.75) is 64.2 Å². The smallest absolute Gasteiger partial charge is 0.0730 e. The molecule has 0 radical (unpaired) electrons. The Kier molecular flexibility index (Phi) is 16.6. The van der Waals surface area contributed by atoms with E-state index in [1.54, 1.807) is 0 Å². The van der Waals surface area contributed by atoms with Gasteiger partial charge in [0.25, 0.3) is 0 Å². The third kappa shape index (κ3) is 13.2. The first-order valence-corrected chi connectivity index (χ1v) is 21.7. The Bertz CT molecular complexity index is 1960. The number of pyridine rings is 2. The summed E-state index contributed by atoms with van der Waals surface area (Å²) in [5.74, 6) is 0. The molecule has 0 saturated carbocycles. The molecule has 4 N–H and O–H groups in total. The molecule has 0 bridgehead atoms. The minimum absolute atomic E-state index is 0.893. The van der Waals surface area contributed by atoms with Crippen molar-refractivity contribution < 1.29 is 0 Å². The normalized spacial score (nSPS) is 11.5. The molecule has 2 heterocycles. The van der Waals surface area contributed by atoms with Gasteiger partial charge in [-0.25, -0.2) is 9.97 Å². The number of benzene rings is 4.